The minimum absolute atomic E-state index is 0.127. The first-order chi connectivity index (χ1) is 9.07. The largest absolute Gasteiger partial charge is 0.353 e. The minimum Gasteiger partial charge on any atom is -0.353 e. The van der Waals surface area contributed by atoms with Crippen molar-refractivity contribution in [1.29, 1.82) is 0 Å². The van der Waals surface area contributed by atoms with Gasteiger partial charge in [0.1, 0.15) is 0 Å². The number of carbonyl (C=O) groups is 1. The van der Waals surface area contributed by atoms with E-state index in [4.69, 9.17) is 0 Å². The van der Waals surface area contributed by atoms with Gasteiger partial charge in [0.05, 0.1) is 5.41 Å². The van der Waals surface area contributed by atoms with E-state index in [0.717, 1.165) is 44.7 Å². The van der Waals surface area contributed by atoms with Gasteiger partial charge in [-0.3, -0.25) is 4.79 Å². The third-order valence-electron chi connectivity index (χ3n) is 5.20. The topological polar surface area (TPSA) is 41.1 Å². The fourth-order valence-electron chi connectivity index (χ4n) is 3.94. The highest BCUT2D eigenvalue weighted by atomic mass is 16.2. The molecule has 1 saturated heterocycles. The van der Waals surface area contributed by atoms with Gasteiger partial charge in [-0.25, -0.2) is 0 Å². The lowest BCUT2D eigenvalue weighted by molar-refractivity contribution is -0.132. The average molecular weight is 266 g/mol. The van der Waals surface area contributed by atoms with Crippen molar-refractivity contribution in [1.82, 2.24) is 10.6 Å². The maximum absolute atomic E-state index is 12.7. The summed E-state index contributed by atoms with van der Waals surface area (Å²) in [5.41, 5.74) is -0.127. The number of nitrogens with one attached hydrogen (secondary N) is 2. The van der Waals surface area contributed by atoms with E-state index < -0.39 is 0 Å². The highest BCUT2D eigenvalue weighted by Gasteiger charge is 2.41. The van der Waals surface area contributed by atoms with Crippen LogP contribution >= 0.6 is 0 Å². The van der Waals surface area contributed by atoms with Crippen molar-refractivity contribution in [3.63, 3.8) is 0 Å². The Balaban J connectivity index is 1.95. The Kier molecular flexibility index (Phi) is 4.88. The van der Waals surface area contributed by atoms with Gasteiger partial charge in [0.15, 0.2) is 0 Å². The lowest BCUT2D eigenvalue weighted by atomic mass is 9.77. The van der Waals surface area contributed by atoms with Crippen LogP contribution in [0.25, 0.3) is 0 Å². The molecule has 0 aromatic carbocycles. The summed E-state index contributed by atoms with van der Waals surface area (Å²) in [6, 6.07) is 0.401. The molecule has 3 nitrogen and oxygen atoms in total. The van der Waals surface area contributed by atoms with Gasteiger partial charge in [-0.1, -0.05) is 27.2 Å². The predicted molar refractivity (Wildman–Crippen MR) is 78.9 cm³/mol. The van der Waals surface area contributed by atoms with E-state index in [9.17, 15) is 4.79 Å². The standard InChI is InChI=1S/C16H30N2O/c1-4-7-16(8-9-17-11-16)15(19)18-14-6-5-12(2)10-13(14)3/h12-14,17H,4-11H2,1-3H3,(H,18,19). The van der Waals surface area contributed by atoms with Crippen LogP contribution in [0.4, 0.5) is 0 Å². The highest BCUT2D eigenvalue weighted by Crippen LogP contribution is 2.33. The third kappa shape index (κ3) is 3.31. The molecule has 1 aliphatic heterocycles. The summed E-state index contributed by atoms with van der Waals surface area (Å²) >= 11 is 0. The van der Waals surface area contributed by atoms with E-state index in [0.29, 0.717) is 17.9 Å². The van der Waals surface area contributed by atoms with Crippen molar-refractivity contribution in [2.75, 3.05) is 13.1 Å². The molecule has 0 aromatic rings. The van der Waals surface area contributed by atoms with Gasteiger partial charge < -0.3 is 10.6 Å². The van der Waals surface area contributed by atoms with Gasteiger partial charge in [-0.15, -0.1) is 0 Å². The number of rotatable bonds is 4. The molecule has 1 aliphatic carbocycles. The Morgan fingerprint density at radius 3 is 2.74 bits per heavy atom. The van der Waals surface area contributed by atoms with Crippen molar-refractivity contribution >= 4 is 5.91 Å². The Bertz CT molecular complexity index is 310. The van der Waals surface area contributed by atoms with Crippen LogP contribution in [-0.2, 0) is 4.79 Å². The molecular weight excluding hydrogens is 236 g/mol. The second kappa shape index (κ2) is 6.25. The molecule has 0 bridgehead atoms. The smallest absolute Gasteiger partial charge is 0.227 e. The number of hydrogen-bond acceptors (Lipinski definition) is 2. The summed E-state index contributed by atoms with van der Waals surface area (Å²) in [6.07, 6.45) is 6.78. The lowest BCUT2D eigenvalue weighted by Crippen LogP contribution is -2.50. The van der Waals surface area contributed by atoms with Gasteiger partial charge in [-0.2, -0.15) is 0 Å². The van der Waals surface area contributed by atoms with Gasteiger partial charge >= 0.3 is 0 Å². The highest BCUT2D eigenvalue weighted by molar-refractivity contribution is 5.83. The van der Waals surface area contributed by atoms with Gasteiger partial charge in [0, 0.05) is 12.6 Å². The van der Waals surface area contributed by atoms with E-state index >= 15 is 0 Å². The molecular formula is C16H30N2O. The minimum atomic E-state index is -0.127. The molecule has 4 unspecified atom stereocenters. The maximum Gasteiger partial charge on any atom is 0.227 e. The maximum atomic E-state index is 12.7. The van der Waals surface area contributed by atoms with E-state index in [2.05, 4.69) is 31.4 Å². The van der Waals surface area contributed by atoms with Gasteiger partial charge in [-0.05, 0) is 50.5 Å². The normalized spacial score (nSPS) is 39.2. The molecule has 110 valence electrons. The number of carbonyl (C=O) groups excluding carboxylic acids is 1. The molecule has 3 heteroatoms. The van der Waals surface area contributed by atoms with Crippen molar-refractivity contribution in [3.8, 4) is 0 Å². The predicted octanol–water partition coefficient (Wildman–Crippen LogP) is 2.71. The van der Waals surface area contributed by atoms with Crippen LogP contribution in [-0.4, -0.2) is 25.0 Å². The first-order valence-electron chi connectivity index (χ1n) is 8.09. The van der Waals surface area contributed by atoms with Crippen molar-refractivity contribution in [2.24, 2.45) is 17.3 Å². The Morgan fingerprint density at radius 1 is 1.37 bits per heavy atom. The second-order valence-corrected chi connectivity index (χ2v) is 6.93. The number of hydrogen-bond donors (Lipinski definition) is 2. The summed E-state index contributed by atoms with van der Waals surface area (Å²) in [4.78, 5) is 12.7. The summed E-state index contributed by atoms with van der Waals surface area (Å²) in [5, 5.41) is 6.75. The monoisotopic (exact) mass is 266 g/mol. The molecule has 2 aliphatic rings. The first kappa shape index (κ1) is 14.8. The molecule has 4 atom stereocenters. The molecule has 2 fully saturated rings. The van der Waals surface area contributed by atoms with Gasteiger partial charge in [0.2, 0.25) is 5.91 Å². The van der Waals surface area contributed by atoms with Crippen LogP contribution in [0.2, 0.25) is 0 Å². The molecule has 2 rings (SSSR count). The van der Waals surface area contributed by atoms with Crippen molar-refractivity contribution in [2.45, 2.75) is 65.3 Å². The molecule has 0 spiro atoms. The number of amides is 1. The van der Waals surface area contributed by atoms with Crippen LogP contribution in [0.15, 0.2) is 0 Å². The molecule has 1 amide bonds. The molecule has 0 radical (unpaired) electrons. The van der Waals surface area contributed by atoms with Crippen molar-refractivity contribution in [3.05, 3.63) is 0 Å². The quantitative estimate of drug-likeness (QED) is 0.821. The average Bonchev–Trinajstić information content (AvgIpc) is 2.83. The Morgan fingerprint density at radius 2 is 2.16 bits per heavy atom. The lowest BCUT2D eigenvalue weighted by Gasteiger charge is -2.36. The SMILES string of the molecule is CCCC1(C(=O)NC2CCC(C)CC2C)CCNC1. The first-order valence-corrected chi connectivity index (χ1v) is 8.09. The summed E-state index contributed by atoms with van der Waals surface area (Å²) in [6.45, 7) is 8.65. The van der Waals surface area contributed by atoms with E-state index in [-0.39, 0.29) is 5.41 Å². The Hall–Kier alpha value is -0.570. The van der Waals surface area contributed by atoms with Crippen LogP contribution in [0.5, 0.6) is 0 Å². The van der Waals surface area contributed by atoms with Crippen LogP contribution in [0, 0.1) is 17.3 Å². The van der Waals surface area contributed by atoms with E-state index in [1.807, 2.05) is 0 Å². The third-order valence-corrected chi connectivity index (χ3v) is 5.20. The van der Waals surface area contributed by atoms with E-state index in [1.165, 1.54) is 12.8 Å². The summed E-state index contributed by atoms with van der Waals surface area (Å²) < 4.78 is 0. The van der Waals surface area contributed by atoms with E-state index in [1.54, 1.807) is 0 Å². The summed E-state index contributed by atoms with van der Waals surface area (Å²) in [5.74, 6) is 1.76. The molecule has 0 aromatic heterocycles. The zero-order valence-electron chi connectivity index (χ0n) is 12.8. The zero-order valence-corrected chi connectivity index (χ0v) is 12.8. The van der Waals surface area contributed by atoms with Crippen LogP contribution in [0.1, 0.15) is 59.3 Å². The Labute approximate surface area is 117 Å². The zero-order chi connectivity index (χ0) is 13.9. The molecule has 1 saturated carbocycles. The summed E-state index contributed by atoms with van der Waals surface area (Å²) in [7, 11) is 0. The second-order valence-electron chi connectivity index (χ2n) is 6.93. The molecule has 19 heavy (non-hydrogen) atoms. The fraction of sp³-hybridized carbons (Fsp3) is 0.938. The van der Waals surface area contributed by atoms with Crippen LogP contribution in [0.3, 0.4) is 0 Å². The van der Waals surface area contributed by atoms with Crippen LogP contribution < -0.4 is 10.6 Å². The van der Waals surface area contributed by atoms with Crippen molar-refractivity contribution < 1.29 is 4.79 Å². The molecule has 1 heterocycles. The molecule has 2 N–H and O–H groups in total. The fourth-order valence-corrected chi connectivity index (χ4v) is 3.94. The van der Waals surface area contributed by atoms with Gasteiger partial charge in [0.25, 0.3) is 0 Å².